The van der Waals surface area contributed by atoms with Crippen molar-refractivity contribution >= 4 is 5.69 Å². The Morgan fingerprint density at radius 2 is 1.94 bits per heavy atom. The molecule has 2 aromatic rings. The summed E-state index contributed by atoms with van der Waals surface area (Å²) in [7, 11) is 0. The van der Waals surface area contributed by atoms with Gasteiger partial charge in [0.2, 0.25) is 0 Å². The number of rotatable bonds is 2. The number of halogens is 1. The third-order valence-corrected chi connectivity index (χ3v) is 3.47. The molecule has 1 aliphatic rings. The molecule has 0 N–H and O–H groups in total. The van der Waals surface area contributed by atoms with Crippen molar-refractivity contribution in [3.8, 4) is 0 Å². The number of nitrogens with zero attached hydrogens (tertiary/aromatic N) is 1. The predicted molar refractivity (Wildman–Crippen MR) is 72.2 cm³/mol. The van der Waals surface area contributed by atoms with Gasteiger partial charge in [-0.3, -0.25) is 0 Å². The fourth-order valence-corrected chi connectivity index (χ4v) is 2.63. The third-order valence-electron chi connectivity index (χ3n) is 3.47. The van der Waals surface area contributed by atoms with E-state index in [1.54, 1.807) is 12.1 Å². The molecular weight excluding hydrogens is 225 g/mol. The Balaban J connectivity index is 1.86. The lowest BCUT2D eigenvalue weighted by Gasteiger charge is -2.31. The van der Waals surface area contributed by atoms with Gasteiger partial charge in [0.25, 0.3) is 0 Å². The summed E-state index contributed by atoms with van der Waals surface area (Å²) in [6.07, 6.45) is 2.32. The highest BCUT2D eigenvalue weighted by Gasteiger charge is 2.16. The van der Waals surface area contributed by atoms with Crippen LogP contribution in [0.2, 0.25) is 0 Å². The zero-order valence-electron chi connectivity index (χ0n) is 10.3. The molecule has 0 saturated heterocycles. The van der Waals surface area contributed by atoms with E-state index in [4.69, 9.17) is 0 Å². The maximum absolute atomic E-state index is 13.2. The second-order valence-electron chi connectivity index (χ2n) is 4.78. The first kappa shape index (κ1) is 11.3. The highest BCUT2D eigenvalue weighted by molar-refractivity contribution is 5.55. The van der Waals surface area contributed by atoms with E-state index >= 15 is 0 Å². The number of fused-ring (bicyclic) bond motifs is 1. The molecule has 0 aliphatic carbocycles. The van der Waals surface area contributed by atoms with Crippen LogP contribution in [0.5, 0.6) is 0 Å². The van der Waals surface area contributed by atoms with Crippen LogP contribution in [0.1, 0.15) is 17.5 Å². The average Bonchev–Trinajstić information content (AvgIpc) is 2.39. The van der Waals surface area contributed by atoms with E-state index in [9.17, 15) is 4.39 Å². The largest absolute Gasteiger partial charge is 0.367 e. The molecule has 1 heterocycles. The van der Waals surface area contributed by atoms with Crippen molar-refractivity contribution in [3.05, 3.63) is 65.5 Å². The van der Waals surface area contributed by atoms with Gasteiger partial charge in [-0.15, -0.1) is 0 Å². The van der Waals surface area contributed by atoms with Crippen molar-refractivity contribution in [2.75, 3.05) is 11.4 Å². The van der Waals surface area contributed by atoms with Gasteiger partial charge in [-0.2, -0.15) is 0 Å². The summed E-state index contributed by atoms with van der Waals surface area (Å²) in [4.78, 5) is 2.34. The topological polar surface area (TPSA) is 3.24 Å². The zero-order chi connectivity index (χ0) is 12.4. The van der Waals surface area contributed by atoms with Crippen molar-refractivity contribution in [1.82, 2.24) is 0 Å². The first-order valence-electron chi connectivity index (χ1n) is 6.40. The maximum Gasteiger partial charge on any atom is 0.123 e. The monoisotopic (exact) mass is 241 g/mol. The molecule has 1 nitrogen and oxygen atoms in total. The van der Waals surface area contributed by atoms with E-state index in [0.29, 0.717) is 0 Å². The molecule has 0 atom stereocenters. The van der Waals surface area contributed by atoms with E-state index in [-0.39, 0.29) is 5.82 Å². The van der Waals surface area contributed by atoms with Gasteiger partial charge in [0.15, 0.2) is 0 Å². The van der Waals surface area contributed by atoms with E-state index in [0.717, 1.165) is 25.1 Å². The van der Waals surface area contributed by atoms with Gasteiger partial charge >= 0.3 is 0 Å². The molecule has 3 rings (SSSR count). The van der Waals surface area contributed by atoms with Gasteiger partial charge in [-0.05, 0) is 42.2 Å². The van der Waals surface area contributed by atoms with Crippen molar-refractivity contribution in [2.24, 2.45) is 0 Å². The summed E-state index contributed by atoms with van der Waals surface area (Å²) < 4.78 is 13.2. The maximum atomic E-state index is 13.2. The highest BCUT2D eigenvalue weighted by Crippen LogP contribution is 2.28. The number of hydrogen-bond acceptors (Lipinski definition) is 1. The number of aryl methyl sites for hydroxylation is 1. The third kappa shape index (κ3) is 2.23. The van der Waals surface area contributed by atoms with Crippen molar-refractivity contribution in [3.63, 3.8) is 0 Å². The molecule has 18 heavy (non-hydrogen) atoms. The van der Waals surface area contributed by atoms with Crippen molar-refractivity contribution in [1.29, 1.82) is 0 Å². The molecule has 92 valence electrons. The van der Waals surface area contributed by atoms with Gasteiger partial charge in [-0.25, -0.2) is 4.39 Å². The molecule has 0 spiro atoms. The fourth-order valence-electron chi connectivity index (χ4n) is 2.63. The number of benzene rings is 2. The summed E-state index contributed by atoms with van der Waals surface area (Å²) in [5.74, 6) is -0.155. The highest BCUT2D eigenvalue weighted by atomic mass is 19.1. The van der Waals surface area contributed by atoms with E-state index in [1.807, 2.05) is 6.07 Å². The average molecular weight is 241 g/mol. The van der Waals surface area contributed by atoms with Crippen LogP contribution in [-0.4, -0.2) is 6.54 Å². The summed E-state index contributed by atoms with van der Waals surface area (Å²) >= 11 is 0. The predicted octanol–water partition coefficient (Wildman–Crippen LogP) is 3.78. The minimum atomic E-state index is -0.155. The van der Waals surface area contributed by atoms with Crippen LogP contribution >= 0.6 is 0 Å². The van der Waals surface area contributed by atoms with Crippen LogP contribution in [0.15, 0.2) is 48.5 Å². The van der Waals surface area contributed by atoms with Crippen molar-refractivity contribution < 1.29 is 4.39 Å². The lowest BCUT2D eigenvalue weighted by atomic mass is 10.0. The number of anilines is 1. The van der Waals surface area contributed by atoms with Crippen LogP contribution < -0.4 is 4.90 Å². The van der Waals surface area contributed by atoms with E-state index < -0.39 is 0 Å². The fraction of sp³-hybridized carbons (Fsp3) is 0.250. The minimum Gasteiger partial charge on any atom is -0.367 e. The molecule has 0 amide bonds. The van der Waals surface area contributed by atoms with E-state index in [1.165, 1.54) is 23.7 Å². The zero-order valence-corrected chi connectivity index (χ0v) is 10.3. The van der Waals surface area contributed by atoms with E-state index in [2.05, 4.69) is 29.2 Å². The molecule has 0 saturated carbocycles. The lowest BCUT2D eigenvalue weighted by molar-refractivity contribution is 0.622. The number of hydrogen-bond donors (Lipinski definition) is 0. The summed E-state index contributed by atoms with van der Waals surface area (Å²) in [5, 5.41) is 0. The van der Waals surface area contributed by atoms with Gasteiger partial charge in [0.05, 0.1) is 0 Å². The Bertz CT molecular complexity index is 550. The van der Waals surface area contributed by atoms with Crippen LogP contribution in [-0.2, 0) is 13.0 Å². The Labute approximate surface area is 107 Å². The lowest BCUT2D eigenvalue weighted by Crippen LogP contribution is -2.28. The molecule has 1 aliphatic heterocycles. The molecule has 2 heteroatoms. The molecule has 0 radical (unpaired) electrons. The Morgan fingerprint density at radius 1 is 1.06 bits per heavy atom. The molecular formula is C16H16FN. The van der Waals surface area contributed by atoms with Crippen molar-refractivity contribution in [2.45, 2.75) is 19.4 Å². The van der Waals surface area contributed by atoms with Gasteiger partial charge < -0.3 is 4.90 Å². The Morgan fingerprint density at radius 3 is 2.83 bits per heavy atom. The van der Waals surface area contributed by atoms with Crippen LogP contribution in [0.3, 0.4) is 0 Å². The van der Waals surface area contributed by atoms with Gasteiger partial charge in [-0.1, -0.05) is 30.3 Å². The van der Waals surface area contributed by atoms with Crippen LogP contribution in [0.25, 0.3) is 0 Å². The Hall–Kier alpha value is -1.83. The van der Waals surface area contributed by atoms with Crippen LogP contribution in [0.4, 0.5) is 10.1 Å². The summed E-state index contributed by atoms with van der Waals surface area (Å²) in [6.45, 7) is 1.84. The smallest absolute Gasteiger partial charge is 0.123 e. The first-order valence-corrected chi connectivity index (χ1v) is 6.40. The molecule has 2 aromatic carbocycles. The summed E-state index contributed by atoms with van der Waals surface area (Å²) in [5.41, 5.74) is 3.74. The quantitative estimate of drug-likeness (QED) is 0.773. The molecule has 0 aromatic heterocycles. The molecule has 0 bridgehead atoms. The standard InChI is InChI=1S/C16H16FN/c17-15-8-3-5-13(11-15)12-18-10-4-7-14-6-1-2-9-16(14)18/h1-3,5-6,8-9,11H,4,7,10,12H2. The second-order valence-corrected chi connectivity index (χ2v) is 4.78. The normalized spacial score (nSPS) is 14.4. The minimum absolute atomic E-state index is 0.155. The second kappa shape index (κ2) is 4.81. The van der Waals surface area contributed by atoms with Gasteiger partial charge in [0.1, 0.15) is 5.82 Å². The Kier molecular flexibility index (Phi) is 3.01. The number of para-hydroxylation sites is 1. The molecule has 0 fully saturated rings. The SMILES string of the molecule is Fc1cccc(CN2CCCc3ccccc32)c1. The van der Waals surface area contributed by atoms with Crippen LogP contribution in [0, 0.1) is 5.82 Å². The summed E-state index contributed by atoms with van der Waals surface area (Å²) in [6, 6.07) is 15.4. The molecule has 0 unspecified atom stereocenters. The first-order chi connectivity index (χ1) is 8.83. The van der Waals surface area contributed by atoms with Gasteiger partial charge in [0, 0.05) is 18.8 Å².